The van der Waals surface area contributed by atoms with Gasteiger partial charge in [0.2, 0.25) is 0 Å². The monoisotopic (exact) mass is 396 g/mol. The van der Waals surface area contributed by atoms with E-state index in [9.17, 15) is 0 Å². The van der Waals surface area contributed by atoms with Crippen LogP contribution in [-0.4, -0.2) is 53.1 Å². The lowest BCUT2D eigenvalue weighted by atomic mass is 10.1. The predicted molar refractivity (Wildman–Crippen MR) is 115 cm³/mol. The Labute approximate surface area is 172 Å². The molecule has 1 aliphatic rings. The molecule has 0 aromatic carbocycles. The van der Waals surface area contributed by atoms with Crippen LogP contribution in [0.5, 0.6) is 0 Å². The zero-order valence-corrected chi connectivity index (χ0v) is 16.3. The van der Waals surface area contributed by atoms with Gasteiger partial charge in [0, 0.05) is 36.1 Å². The highest BCUT2D eigenvalue weighted by molar-refractivity contribution is 5.94. The topological polar surface area (TPSA) is 99.3 Å². The van der Waals surface area contributed by atoms with Crippen LogP contribution in [0.15, 0.2) is 49.1 Å². The highest BCUT2D eigenvalue weighted by Crippen LogP contribution is 2.29. The second-order valence-corrected chi connectivity index (χ2v) is 7.71. The standard InChI is InChI=1S/C22H20N8/c1-2-7-30(6-1)13-14-8-15(11-23-10-14)18-9-16-19(12-25-18)28-29-20(16)22-26-17-4-3-5-24-21(17)27-22/h3-5,8-12H,1-2,6-7,13H2,(H,28,29)(H,24,26,27). The molecule has 2 N–H and O–H groups in total. The first kappa shape index (κ1) is 17.2. The van der Waals surface area contributed by atoms with Gasteiger partial charge >= 0.3 is 0 Å². The maximum atomic E-state index is 4.63. The molecule has 1 aliphatic heterocycles. The van der Waals surface area contributed by atoms with Crippen LogP contribution >= 0.6 is 0 Å². The molecule has 0 aliphatic carbocycles. The van der Waals surface area contributed by atoms with E-state index in [2.05, 4.69) is 46.1 Å². The van der Waals surface area contributed by atoms with Crippen molar-refractivity contribution in [2.45, 2.75) is 19.4 Å². The van der Waals surface area contributed by atoms with E-state index in [-0.39, 0.29) is 0 Å². The Balaban J connectivity index is 1.39. The van der Waals surface area contributed by atoms with Gasteiger partial charge in [-0.25, -0.2) is 9.97 Å². The minimum atomic E-state index is 0.678. The van der Waals surface area contributed by atoms with Crippen molar-refractivity contribution in [2.24, 2.45) is 0 Å². The van der Waals surface area contributed by atoms with Crippen molar-refractivity contribution in [3.05, 3.63) is 54.6 Å². The summed E-state index contributed by atoms with van der Waals surface area (Å²) in [6.45, 7) is 3.27. The van der Waals surface area contributed by atoms with Gasteiger partial charge in [-0.3, -0.25) is 20.0 Å². The minimum absolute atomic E-state index is 0.678. The zero-order chi connectivity index (χ0) is 19.9. The molecule has 30 heavy (non-hydrogen) atoms. The molecule has 148 valence electrons. The maximum Gasteiger partial charge on any atom is 0.178 e. The summed E-state index contributed by atoms with van der Waals surface area (Å²) in [6, 6.07) is 8.07. The number of fused-ring (bicyclic) bond motifs is 2. The van der Waals surface area contributed by atoms with E-state index in [0.717, 1.165) is 39.9 Å². The number of likely N-dealkylation sites (tertiary alicyclic amines) is 1. The molecular formula is C22H20N8. The predicted octanol–water partition coefficient (Wildman–Crippen LogP) is 3.55. The molecule has 5 aromatic heterocycles. The number of pyridine rings is 3. The van der Waals surface area contributed by atoms with Crippen LogP contribution < -0.4 is 0 Å². The lowest BCUT2D eigenvalue weighted by molar-refractivity contribution is 0.331. The van der Waals surface area contributed by atoms with Crippen molar-refractivity contribution in [3.8, 4) is 22.8 Å². The molecule has 0 bridgehead atoms. The van der Waals surface area contributed by atoms with Crippen molar-refractivity contribution in [1.82, 2.24) is 40.0 Å². The third kappa shape index (κ3) is 3.02. The molecule has 0 radical (unpaired) electrons. The number of aromatic nitrogens is 7. The van der Waals surface area contributed by atoms with E-state index in [0.29, 0.717) is 11.5 Å². The molecule has 1 fully saturated rings. The lowest BCUT2D eigenvalue weighted by Crippen LogP contribution is -2.18. The average molecular weight is 396 g/mol. The molecule has 8 heteroatoms. The Hall–Kier alpha value is -3.65. The van der Waals surface area contributed by atoms with Crippen LogP contribution in [0, 0.1) is 0 Å². The molecule has 8 nitrogen and oxygen atoms in total. The minimum Gasteiger partial charge on any atom is -0.335 e. The first-order valence-corrected chi connectivity index (χ1v) is 10.2. The largest absolute Gasteiger partial charge is 0.335 e. The normalized spacial score (nSPS) is 14.8. The van der Waals surface area contributed by atoms with Crippen LogP contribution in [0.4, 0.5) is 0 Å². The van der Waals surface area contributed by atoms with Crippen molar-refractivity contribution in [1.29, 1.82) is 0 Å². The summed E-state index contributed by atoms with van der Waals surface area (Å²) in [6.07, 6.45) is 9.93. The summed E-state index contributed by atoms with van der Waals surface area (Å²) in [5.74, 6) is 0.688. The van der Waals surface area contributed by atoms with Crippen LogP contribution in [0.3, 0.4) is 0 Å². The molecule has 6 heterocycles. The van der Waals surface area contributed by atoms with Gasteiger partial charge in [0.25, 0.3) is 0 Å². The first-order valence-electron chi connectivity index (χ1n) is 10.2. The van der Waals surface area contributed by atoms with Gasteiger partial charge in [0.1, 0.15) is 5.69 Å². The van der Waals surface area contributed by atoms with Gasteiger partial charge in [-0.2, -0.15) is 5.10 Å². The number of imidazole rings is 1. The smallest absolute Gasteiger partial charge is 0.178 e. The fourth-order valence-corrected chi connectivity index (χ4v) is 4.13. The van der Waals surface area contributed by atoms with Crippen LogP contribution in [0.25, 0.3) is 44.8 Å². The van der Waals surface area contributed by atoms with Crippen LogP contribution in [-0.2, 0) is 6.54 Å². The van der Waals surface area contributed by atoms with E-state index in [1.165, 1.54) is 31.5 Å². The Morgan fingerprint density at radius 1 is 1.00 bits per heavy atom. The SMILES string of the molecule is c1cnc2nc(-c3n[nH]c4cnc(-c5cncc(CN6CCCC6)c5)cc34)[nH]c2c1. The van der Waals surface area contributed by atoms with E-state index in [1.807, 2.05) is 36.8 Å². The number of H-pyrrole nitrogens is 2. The molecule has 0 spiro atoms. The van der Waals surface area contributed by atoms with Crippen molar-refractivity contribution in [3.63, 3.8) is 0 Å². The fraction of sp³-hybridized carbons (Fsp3) is 0.227. The molecule has 0 amide bonds. The summed E-state index contributed by atoms with van der Waals surface area (Å²) in [4.78, 5) is 23.8. The second kappa shape index (κ2) is 7.00. The van der Waals surface area contributed by atoms with Crippen LogP contribution in [0.1, 0.15) is 18.4 Å². The number of rotatable bonds is 4. The van der Waals surface area contributed by atoms with E-state index in [4.69, 9.17) is 0 Å². The fourth-order valence-electron chi connectivity index (χ4n) is 4.13. The van der Waals surface area contributed by atoms with Crippen molar-refractivity contribution < 1.29 is 0 Å². The Bertz CT molecular complexity index is 1310. The summed E-state index contributed by atoms with van der Waals surface area (Å²) in [5, 5.41) is 8.49. The van der Waals surface area contributed by atoms with E-state index in [1.54, 1.807) is 6.20 Å². The molecule has 6 rings (SSSR count). The maximum absolute atomic E-state index is 4.63. The van der Waals surface area contributed by atoms with E-state index < -0.39 is 0 Å². The Kier molecular flexibility index (Phi) is 4.02. The lowest BCUT2D eigenvalue weighted by Gasteiger charge is -2.14. The molecule has 0 atom stereocenters. The number of aromatic amines is 2. The van der Waals surface area contributed by atoms with Gasteiger partial charge in [0.15, 0.2) is 11.5 Å². The number of nitrogens with one attached hydrogen (secondary N) is 2. The molecule has 0 unspecified atom stereocenters. The number of hydrogen-bond donors (Lipinski definition) is 2. The average Bonchev–Trinajstić information content (AvgIpc) is 3.52. The molecule has 1 saturated heterocycles. The number of hydrogen-bond acceptors (Lipinski definition) is 6. The summed E-state index contributed by atoms with van der Waals surface area (Å²) < 4.78 is 0. The third-order valence-corrected chi connectivity index (χ3v) is 5.62. The summed E-state index contributed by atoms with van der Waals surface area (Å²) >= 11 is 0. The van der Waals surface area contributed by atoms with Gasteiger partial charge in [0.05, 0.1) is 22.9 Å². The van der Waals surface area contributed by atoms with Gasteiger partial charge in [-0.05, 0) is 55.8 Å². The number of nitrogens with zero attached hydrogens (tertiary/aromatic N) is 6. The van der Waals surface area contributed by atoms with Crippen molar-refractivity contribution >= 4 is 22.1 Å². The zero-order valence-electron chi connectivity index (χ0n) is 16.3. The first-order chi connectivity index (χ1) is 14.8. The summed E-state index contributed by atoms with van der Waals surface area (Å²) in [7, 11) is 0. The molecular weight excluding hydrogens is 376 g/mol. The van der Waals surface area contributed by atoms with Crippen LogP contribution in [0.2, 0.25) is 0 Å². The summed E-state index contributed by atoms with van der Waals surface area (Å²) in [5.41, 5.74) is 6.28. The van der Waals surface area contributed by atoms with Gasteiger partial charge in [-0.1, -0.05) is 0 Å². The second-order valence-electron chi connectivity index (χ2n) is 7.71. The molecule has 0 saturated carbocycles. The van der Waals surface area contributed by atoms with Gasteiger partial charge < -0.3 is 4.98 Å². The third-order valence-electron chi connectivity index (χ3n) is 5.62. The van der Waals surface area contributed by atoms with Crippen molar-refractivity contribution in [2.75, 3.05) is 13.1 Å². The quantitative estimate of drug-likeness (QED) is 0.482. The molecule has 5 aromatic rings. The van der Waals surface area contributed by atoms with E-state index >= 15 is 0 Å². The Morgan fingerprint density at radius 3 is 2.83 bits per heavy atom. The highest BCUT2D eigenvalue weighted by atomic mass is 15.1. The highest BCUT2D eigenvalue weighted by Gasteiger charge is 2.16. The Morgan fingerprint density at radius 2 is 1.93 bits per heavy atom. The van der Waals surface area contributed by atoms with Gasteiger partial charge in [-0.15, -0.1) is 0 Å².